The Hall–Kier alpha value is -1.37. The standard InChI is InChI=1S/C10H14BrN3O3/c1-3-4-12-7-5-13-14(6-8(15)17-2)10(16)9(7)11/h5,12H,3-4,6H2,1-2H3. The van der Waals surface area contributed by atoms with E-state index < -0.39 is 5.97 Å². The van der Waals surface area contributed by atoms with Crippen molar-refractivity contribution < 1.29 is 9.53 Å². The third-order valence-electron chi connectivity index (χ3n) is 2.06. The summed E-state index contributed by atoms with van der Waals surface area (Å²) in [5, 5.41) is 6.95. The van der Waals surface area contributed by atoms with E-state index in [-0.39, 0.29) is 12.1 Å². The summed E-state index contributed by atoms with van der Waals surface area (Å²) in [4.78, 5) is 22.9. The number of aromatic nitrogens is 2. The van der Waals surface area contributed by atoms with Gasteiger partial charge in [-0.25, -0.2) is 4.68 Å². The van der Waals surface area contributed by atoms with E-state index in [9.17, 15) is 9.59 Å². The second kappa shape index (κ2) is 6.39. The lowest BCUT2D eigenvalue weighted by molar-refractivity contribution is -0.141. The van der Waals surface area contributed by atoms with Gasteiger partial charge >= 0.3 is 5.97 Å². The van der Waals surface area contributed by atoms with Crippen molar-refractivity contribution >= 4 is 27.6 Å². The highest BCUT2D eigenvalue weighted by molar-refractivity contribution is 9.10. The fourth-order valence-corrected chi connectivity index (χ4v) is 1.59. The summed E-state index contributed by atoms with van der Waals surface area (Å²) >= 11 is 3.19. The first kappa shape index (κ1) is 13.7. The molecule has 0 aliphatic heterocycles. The molecule has 1 heterocycles. The molecule has 0 atom stereocenters. The Bertz CT molecular complexity index is 459. The van der Waals surface area contributed by atoms with Crippen LogP contribution in [0.3, 0.4) is 0 Å². The summed E-state index contributed by atoms with van der Waals surface area (Å²) in [7, 11) is 1.26. The molecule has 0 aromatic carbocycles. The van der Waals surface area contributed by atoms with Crippen LogP contribution >= 0.6 is 15.9 Å². The molecule has 0 spiro atoms. The third-order valence-corrected chi connectivity index (χ3v) is 2.82. The largest absolute Gasteiger partial charge is 0.468 e. The molecular formula is C10H14BrN3O3. The number of ether oxygens (including phenoxy) is 1. The molecule has 17 heavy (non-hydrogen) atoms. The highest BCUT2D eigenvalue weighted by atomic mass is 79.9. The van der Waals surface area contributed by atoms with Gasteiger partial charge in [0.25, 0.3) is 5.56 Å². The van der Waals surface area contributed by atoms with Gasteiger partial charge in [-0.1, -0.05) is 6.92 Å². The van der Waals surface area contributed by atoms with E-state index in [1.54, 1.807) is 0 Å². The van der Waals surface area contributed by atoms with Crippen LogP contribution in [0.2, 0.25) is 0 Å². The van der Waals surface area contributed by atoms with Crippen LogP contribution in [0.1, 0.15) is 13.3 Å². The number of hydrogen-bond acceptors (Lipinski definition) is 5. The Labute approximate surface area is 107 Å². The highest BCUT2D eigenvalue weighted by Gasteiger charge is 2.11. The van der Waals surface area contributed by atoms with Crippen LogP contribution in [-0.4, -0.2) is 29.4 Å². The lowest BCUT2D eigenvalue weighted by Crippen LogP contribution is -2.28. The fraction of sp³-hybridized carbons (Fsp3) is 0.500. The average molecular weight is 304 g/mol. The van der Waals surface area contributed by atoms with E-state index in [0.29, 0.717) is 10.2 Å². The summed E-state index contributed by atoms with van der Waals surface area (Å²) in [6.45, 7) is 2.58. The highest BCUT2D eigenvalue weighted by Crippen LogP contribution is 2.15. The van der Waals surface area contributed by atoms with Crippen molar-refractivity contribution in [3.63, 3.8) is 0 Å². The number of carbonyl (C=O) groups excluding carboxylic acids is 1. The summed E-state index contributed by atoms with van der Waals surface area (Å²) in [5.74, 6) is -0.513. The Kier molecular flexibility index (Phi) is 5.14. The van der Waals surface area contributed by atoms with Crippen molar-refractivity contribution in [3.8, 4) is 0 Å². The Morgan fingerprint density at radius 2 is 2.35 bits per heavy atom. The van der Waals surface area contributed by atoms with E-state index in [0.717, 1.165) is 17.6 Å². The predicted molar refractivity (Wildman–Crippen MR) is 67.0 cm³/mol. The minimum absolute atomic E-state index is 0.192. The maximum atomic E-state index is 11.8. The number of anilines is 1. The van der Waals surface area contributed by atoms with Gasteiger partial charge in [0, 0.05) is 6.54 Å². The number of esters is 1. The van der Waals surface area contributed by atoms with Crippen LogP contribution < -0.4 is 10.9 Å². The summed E-state index contributed by atoms with van der Waals surface area (Å²) < 4.78 is 5.89. The Balaban J connectivity index is 2.94. The van der Waals surface area contributed by atoms with E-state index in [1.807, 2.05) is 6.92 Å². The maximum Gasteiger partial charge on any atom is 0.327 e. The first-order chi connectivity index (χ1) is 8.10. The Morgan fingerprint density at radius 3 is 2.94 bits per heavy atom. The molecule has 94 valence electrons. The molecule has 1 rings (SSSR count). The quantitative estimate of drug-likeness (QED) is 0.822. The first-order valence-corrected chi connectivity index (χ1v) is 5.95. The number of nitrogens with one attached hydrogen (secondary N) is 1. The maximum absolute atomic E-state index is 11.8. The molecule has 0 aliphatic rings. The molecule has 0 aliphatic carbocycles. The van der Waals surface area contributed by atoms with Gasteiger partial charge in [-0.15, -0.1) is 0 Å². The van der Waals surface area contributed by atoms with Crippen LogP contribution in [0.5, 0.6) is 0 Å². The number of nitrogens with zero attached hydrogens (tertiary/aromatic N) is 2. The molecule has 1 N–H and O–H groups in total. The minimum Gasteiger partial charge on any atom is -0.468 e. The van der Waals surface area contributed by atoms with E-state index in [2.05, 4.69) is 31.1 Å². The van der Waals surface area contributed by atoms with Crippen LogP contribution in [0.15, 0.2) is 15.5 Å². The molecule has 6 nitrogen and oxygen atoms in total. The molecule has 0 fully saturated rings. The second-order valence-corrected chi connectivity index (χ2v) is 4.13. The molecule has 1 aromatic heterocycles. The molecule has 0 bridgehead atoms. The third kappa shape index (κ3) is 3.55. The average Bonchev–Trinajstić information content (AvgIpc) is 2.34. The summed E-state index contributed by atoms with van der Waals surface area (Å²) in [5.41, 5.74) is 0.259. The van der Waals surface area contributed by atoms with Gasteiger partial charge in [-0.2, -0.15) is 5.10 Å². The number of hydrogen-bond donors (Lipinski definition) is 1. The number of rotatable bonds is 5. The van der Waals surface area contributed by atoms with Gasteiger partial charge in [0.2, 0.25) is 0 Å². The van der Waals surface area contributed by atoms with E-state index in [4.69, 9.17) is 0 Å². The molecular weight excluding hydrogens is 290 g/mol. The molecule has 0 saturated carbocycles. The second-order valence-electron chi connectivity index (χ2n) is 3.34. The van der Waals surface area contributed by atoms with Gasteiger partial charge < -0.3 is 10.1 Å². The van der Waals surface area contributed by atoms with E-state index >= 15 is 0 Å². The van der Waals surface area contributed by atoms with E-state index in [1.165, 1.54) is 13.3 Å². The summed E-state index contributed by atoms with van der Waals surface area (Å²) in [6, 6.07) is 0. The van der Waals surface area contributed by atoms with Gasteiger partial charge in [0.15, 0.2) is 0 Å². The first-order valence-electron chi connectivity index (χ1n) is 5.16. The van der Waals surface area contributed by atoms with Crippen molar-refractivity contribution in [3.05, 3.63) is 21.0 Å². The molecule has 0 saturated heterocycles. The monoisotopic (exact) mass is 303 g/mol. The zero-order valence-corrected chi connectivity index (χ0v) is 11.3. The van der Waals surface area contributed by atoms with Gasteiger partial charge in [0.1, 0.15) is 11.0 Å². The lowest BCUT2D eigenvalue weighted by atomic mass is 10.4. The molecule has 0 unspecified atom stereocenters. The number of methoxy groups -OCH3 is 1. The zero-order valence-electron chi connectivity index (χ0n) is 9.70. The molecule has 7 heteroatoms. The van der Waals surface area contributed by atoms with Crippen molar-refractivity contribution in [2.24, 2.45) is 0 Å². The van der Waals surface area contributed by atoms with Crippen LogP contribution in [-0.2, 0) is 16.1 Å². The number of carbonyl (C=O) groups is 1. The van der Waals surface area contributed by atoms with Crippen molar-refractivity contribution in [2.75, 3.05) is 19.0 Å². The molecule has 1 aromatic rings. The zero-order chi connectivity index (χ0) is 12.8. The Morgan fingerprint density at radius 1 is 1.65 bits per heavy atom. The van der Waals surface area contributed by atoms with Crippen molar-refractivity contribution in [1.82, 2.24) is 9.78 Å². The molecule has 0 radical (unpaired) electrons. The normalized spacial score (nSPS) is 10.1. The molecule has 0 amide bonds. The van der Waals surface area contributed by atoms with Crippen LogP contribution in [0.25, 0.3) is 0 Å². The lowest BCUT2D eigenvalue weighted by Gasteiger charge is -2.08. The van der Waals surface area contributed by atoms with Gasteiger partial charge in [0.05, 0.1) is 19.0 Å². The SMILES string of the molecule is CCCNc1cnn(CC(=O)OC)c(=O)c1Br. The van der Waals surface area contributed by atoms with Gasteiger partial charge in [-0.3, -0.25) is 9.59 Å². The summed E-state index contributed by atoms with van der Waals surface area (Å²) in [6.07, 6.45) is 2.45. The smallest absolute Gasteiger partial charge is 0.327 e. The topological polar surface area (TPSA) is 73.2 Å². The van der Waals surface area contributed by atoms with Crippen molar-refractivity contribution in [1.29, 1.82) is 0 Å². The fourth-order valence-electron chi connectivity index (χ4n) is 1.15. The van der Waals surface area contributed by atoms with Crippen LogP contribution in [0.4, 0.5) is 5.69 Å². The van der Waals surface area contributed by atoms with Crippen LogP contribution in [0, 0.1) is 0 Å². The van der Waals surface area contributed by atoms with Gasteiger partial charge in [-0.05, 0) is 22.4 Å². The van der Waals surface area contributed by atoms with Crippen molar-refractivity contribution in [2.45, 2.75) is 19.9 Å². The number of halogens is 1. The minimum atomic E-state index is -0.513. The predicted octanol–water partition coefficient (Wildman–Crippen LogP) is 1.00.